The Morgan fingerprint density at radius 3 is 1.63 bits per heavy atom. The van der Waals surface area contributed by atoms with Gasteiger partial charge in [-0.25, -0.2) is 0 Å². The Kier molecular flexibility index (Phi) is 13.6. The van der Waals surface area contributed by atoms with Crippen LogP contribution in [0.15, 0.2) is 121 Å². The lowest BCUT2D eigenvalue weighted by atomic mass is 10.2. The van der Waals surface area contributed by atoms with Gasteiger partial charge in [0.05, 0.1) is 50.6 Å². The molecule has 312 valence electrons. The summed E-state index contributed by atoms with van der Waals surface area (Å²) in [5.41, 5.74) is 1.28. The van der Waals surface area contributed by atoms with E-state index in [1.54, 1.807) is 12.1 Å². The quantitative estimate of drug-likeness (QED) is 0.0302. The highest BCUT2D eigenvalue weighted by molar-refractivity contribution is 7.86. The fourth-order valence-electron chi connectivity index (χ4n) is 4.53. The molecule has 0 amide bonds. The van der Waals surface area contributed by atoms with Gasteiger partial charge >= 0.3 is 0 Å². The fraction of sp³-hybridized carbons (Fsp3) is 0.156. The Morgan fingerprint density at radius 2 is 1.10 bits per heavy atom. The second-order valence-electron chi connectivity index (χ2n) is 11.9. The highest BCUT2D eigenvalue weighted by Crippen LogP contribution is 2.33. The van der Waals surface area contributed by atoms with Crippen molar-refractivity contribution in [2.45, 2.75) is 28.5 Å². The van der Waals surface area contributed by atoms with Crippen molar-refractivity contribution in [2.75, 3.05) is 28.3 Å². The van der Waals surface area contributed by atoms with Crippen LogP contribution in [0.2, 0.25) is 0 Å². The molecule has 0 saturated heterocycles. The molecule has 0 radical (unpaired) electrons. The van der Waals surface area contributed by atoms with Gasteiger partial charge in [-0.15, -0.1) is 0 Å². The van der Waals surface area contributed by atoms with Gasteiger partial charge < -0.3 is 20.7 Å². The molecule has 1 atom stereocenters. The van der Waals surface area contributed by atoms with Gasteiger partial charge in [0.25, 0.3) is 40.5 Å². The molecule has 0 fully saturated rings. The average Bonchev–Trinajstić information content (AvgIpc) is 3.15. The minimum Gasteiger partial charge on any atom is -0.491 e. The number of benzene rings is 4. The van der Waals surface area contributed by atoms with Crippen molar-refractivity contribution < 1.29 is 56.6 Å². The highest BCUT2D eigenvalue weighted by atomic mass is 32.2. The van der Waals surface area contributed by atoms with Gasteiger partial charge in [0, 0.05) is 11.8 Å². The van der Waals surface area contributed by atoms with Gasteiger partial charge in [0.1, 0.15) is 5.75 Å². The van der Waals surface area contributed by atoms with Gasteiger partial charge in [-0.2, -0.15) is 69.1 Å². The van der Waals surface area contributed by atoms with E-state index >= 15 is 0 Å². The molecule has 0 aliphatic rings. The number of hydrogen-bond donors (Lipinski definition) is 7. The molecule has 0 saturated carbocycles. The van der Waals surface area contributed by atoms with Gasteiger partial charge in [-0.05, 0) is 86.1 Å². The molecule has 5 rings (SSSR count). The monoisotopic (exact) mass is 892 g/mol. The second kappa shape index (κ2) is 18.2. The van der Waals surface area contributed by atoms with Crippen LogP contribution >= 0.6 is 0 Å². The van der Waals surface area contributed by atoms with E-state index in [-0.39, 0.29) is 64.3 Å². The summed E-state index contributed by atoms with van der Waals surface area (Å²) < 4.78 is 135. The molecule has 0 aliphatic carbocycles. The van der Waals surface area contributed by atoms with Crippen LogP contribution in [-0.4, -0.2) is 84.6 Å². The normalized spacial score (nSPS) is 13.0. The van der Waals surface area contributed by atoms with Crippen LogP contribution < -0.4 is 20.7 Å². The number of azo groups is 2. The third kappa shape index (κ3) is 13.8. The van der Waals surface area contributed by atoms with Crippen LogP contribution in [-0.2, 0) is 40.5 Å². The van der Waals surface area contributed by atoms with Crippen molar-refractivity contribution in [1.29, 1.82) is 0 Å². The number of nitrogens with one attached hydrogen (secondary N) is 3. The zero-order chi connectivity index (χ0) is 43.0. The number of hydrogen-bond acceptors (Lipinski definition) is 19. The molecule has 1 aromatic heterocycles. The molecule has 5 aromatic rings. The minimum absolute atomic E-state index is 0.0358. The first-order chi connectivity index (χ1) is 27.6. The second-order valence-corrected chi connectivity index (χ2v) is 18.1. The van der Waals surface area contributed by atoms with Crippen LogP contribution in [0.3, 0.4) is 0 Å². The molecule has 23 nitrogen and oxygen atoms in total. The third-order valence-corrected chi connectivity index (χ3v) is 10.9. The van der Waals surface area contributed by atoms with Gasteiger partial charge in [0.15, 0.2) is 5.37 Å². The topological polar surface area (TPSA) is 351 Å². The van der Waals surface area contributed by atoms with Crippen LogP contribution in [0.5, 0.6) is 5.75 Å². The lowest BCUT2D eigenvalue weighted by molar-refractivity contribution is 0.317. The summed E-state index contributed by atoms with van der Waals surface area (Å²) in [7, 11) is -17.9. The molecule has 59 heavy (non-hydrogen) atoms. The molecular formula is C32H32N10O13S4. The molecule has 4 aromatic carbocycles. The van der Waals surface area contributed by atoms with Crippen molar-refractivity contribution in [1.82, 2.24) is 15.0 Å². The van der Waals surface area contributed by atoms with E-state index in [2.05, 4.69) is 51.4 Å². The Bertz CT molecular complexity index is 2850. The van der Waals surface area contributed by atoms with Crippen LogP contribution in [0, 0.1) is 0 Å². The standard InChI is InChI=1S/C32H32N10O13S4/c1-20(57(46,47)48)33-30-36-31(34-21-9-11-22(12-10-21)39-40-23-5-2-7-26(17-23)58(49,50)51)38-32(37-30)35-28-14-13-25(19-29(28)55-15-4-16-56(43,44)45)42-41-24-6-3-8-27(18-24)59(52,53)54/h2-3,5-14,17-20H,4,15-16H2,1H3,(H,43,44,45)(H,46,47,48)(H,49,50,51)(H,52,53,54)(H3,33,34,35,36,37,38). The summed E-state index contributed by atoms with van der Waals surface area (Å²) in [6.07, 6.45) is -0.130. The number of ether oxygens (including phenoxy) is 1. The Labute approximate surface area is 336 Å². The van der Waals surface area contributed by atoms with E-state index in [4.69, 9.17) is 9.29 Å². The third-order valence-electron chi connectivity index (χ3n) is 7.35. The Hall–Kier alpha value is -6.07. The molecule has 27 heteroatoms. The van der Waals surface area contributed by atoms with Crippen molar-refractivity contribution in [3.05, 3.63) is 91.0 Å². The molecule has 1 heterocycles. The summed E-state index contributed by atoms with van der Waals surface area (Å²) in [5, 5.41) is 22.8. The zero-order valence-electron chi connectivity index (χ0n) is 30.1. The van der Waals surface area contributed by atoms with Gasteiger partial charge in [0.2, 0.25) is 17.8 Å². The molecule has 7 N–H and O–H groups in total. The predicted octanol–water partition coefficient (Wildman–Crippen LogP) is 5.99. The highest BCUT2D eigenvalue weighted by Gasteiger charge is 2.20. The van der Waals surface area contributed by atoms with Gasteiger partial charge in [-0.1, -0.05) is 12.1 Å². The fourth-order valence-corrected chi connectivity index (χ4v) is 6.31. The van der Waals surface area contributed by atoms with E-state index in [0.717, 1.165) is 25.1 Å². The van der Waals surface area contributed by atoms with Crippen molar-refractivity contribution in [3.8, 4) is 5.75 Å². The SMILES string of the molecule is CC(Nc1nc(Nc2ccc(N=Nc3cccc(S(=O)(=O)O)c3)cc2)nc(Nc2ccc(N=Nc3cccc(S(=O)(=O)O)c3)cc2OCCCS(=O)(=O)O)n1)S(=O)(=O)O. The van der Waals surface area contributed by atoms with Crippen molar-refractivity contribution in [2.24, 2.45) is 20.5 Å². The molecule has 1 unspecified atom stereocenters. The van der Waals surface area contributed by atoms with E-state index in [1.165, 1.54) is 60.7 Å². The molecule has 0 aliphatic heterocycles. The summed E-state index contributed by atoms with van der Waals surface area (Å²) in [6, 6.07) is 20.6. The Morgan fingerprint density at radius 1 is 0.610 bits per heavy atom. The first-order valence-corrected chi connectivity index (χ1v) is 22.4. The Balaban J connectivity index is 1.43. The van der Waals surface area contributed by atoms with Crippen LogP contribution in [0.25, 0.3) is 0 Å². The maximum atomic E-state index is 11.8. The molecule has 0 spiro atoms. The molecular weight excluding hydrogens is 861 g/mol. The summed E-state index contributed by atoms with van der Waals surface area (Å²) >= 11 is 0. The maximum Gasteiger partial charge on any atom is 0.294 e. The van der Waals surface area contributed by atoms with Crippen LogP contribution in [0.1, 0.15) is 13.3 Å². The van der Waals surface area contributed by atoms with Crippen molar-refractivity contribution >= 4 is 92.4 Å². The van der Waals surface area contributed by atoms with Gasteiger partial charge in [-0.3, -0.25) is 18.2 Å². The minimum atomic E-state index is -4.61. The van der Waals surface area contributed by atoms with E-state index < -0.39 is 56.5 Å². The maximum absolute atomic E-state index is 11.8. The number of nitrogens with zero attached hydrogens (tertiary/aromatic N) is 7. The smallest absolute Gasteiger partial charge is 0.294 e. The lowest BCUT2D eigenvalue weighted by Gasteiger charge is -2.16. The molecule has 0 bridgehead atoms. The number of anilines is 5. The van der Waals surface area contributed by atoms with E-state index in [9.17, 15) is 47.3 Å². The largest absolute Gasteiger partial charge is 0.491 e. The summed E-state index contributed by atoms with van der Waals surface area (Å²) in [5.74, 6) is -1.24. The number of rotatable bonds is 18. The van der Waals surface area contributed by atoms with E-state index in [0.29, 0.717) is 11.4 Å². The summed E-state index contributed by atoms with van der Waals surface area (Å²) in [4.78, 5) is 11.9. The first-order valence-electron chi connectivity index (χ1n) is 16.4. The lowest BCUT2D eigenvalue weighted by Crippen LogP contribution is -2.27. The van der Waals surface area contributed by atoms with E-state index in [1.807, 2.05) is 0 Å². The predicted molar refractivity (Wildman–Crippen MR) is 211 cm³/mol. The summed E-state index contributed by atoms with van der Waals surface area (Å²) in [6.45, 7) is 0.914. The first kappa shape index (κ1) is 44.0. The van der Waals surface area contributed by atoms with Crippen LogP contribution in [0.4, 0.5) is 52.0 Å². The van der Waals surface area contributed by atoms with Crippen molar-refractivity contribution in [3.63, 3.8) is 0 Å². The zero-order valence-corrected chi connectivity index (χ0v) is 33.4. The number of aromatic nitrogens is 3. The average molecular weight is 893 g/mol.